The molecule has 0 aliphatic rings. The summed E-state index contributed by atoms with van der Waals surface area (Å²) in [5, 5.41) is 15.5. The van der Waals surface area contributed by atoms with Crippen molar-refractivity contribution in [2.45, 2.75) is 25.8 Å². The van der Waals surface area contributed by atoms with Gasteiger partial charge in [0, 0.05) is 17.0 Å². The number of hydrogen-bond acceptors (Lipinski definition) is 4. The molecule has 0 spiro atoms. The van der Waals surface area contributed by atoms with Crippen molar-refractivity contribution in [3.05, 3.63) is 44.3 Å². The molecule has 0 unspecified atom stereocenters. The average Bonchev–Trinajstić information content (AvgIpc) is 3.15. The molecule has 0 saturated heterocycles. The molecule has 2 heterocycles. The maximum Gasteiger partial charge on any atom is 0.305 e. The van der Waals surface area contributed by atoms with Gasteiger partial charge in [0.25, 0.3) is 5.91 Å². The molecule has 0 aliphatic heterocycles. The van der Waals surface area contributed by atoms with Gasteiger partial charge in [0.1, 0.15) is 0 Å². The monoisotopic (exact) mass is 333 g/mol. The number of hydrogen-bond donors (Lipinski definition) is 2. The molecule has 0 aromatic carbocycles. The van der Waals surface area contributed by atoms with Crippen LogP contribution in [0.15, 0.2) is 29.0 Å². The Labute approximate surface area is 136 Å². The van der Waals surface area contributed by atoms with Gasteiger partial charge in [0.2, 0.25) is 0 Å². The Balaban J connectivity index is 2.01. The van der Waals surface area contributed by atoms with E-state index in [2.05, 4.69) is 17.2 Å². The van der Waals surface area contributed by atoms with E-state index in [4.69, 9.17) is 5.11 Å². The number of aliphatic carboxylic acids is 1. The van der Waals surface area contributed by atoms with Crippen molar-refractivity contribution >= 4 is 34.6 Å². The van der Waals surface area contributed by atoms with Gasteiger partial charge < -0.3 is 10.4 Å². The number of carboxylic acid groups (broad SMARTS) is 1. The first-order chi connectivity index (χ1) is 10.6. The van der Waals surface area contributed by atoms with E-state index in [1.54, 1.807) is 23.5 Å². The zero-order valence-corrected chi connectivity index (χ0v) is 13.6. The molecule has 4 nitrogen and oxygen atoms in total. The van der Waals surface area contributed by atoms with Crippen molar-refractivity contribution < 1.29 is 14.7 Å². The normalized spacial score (nSPS) is 11.3. The van der Waals surface area contributed by atoms with E-state index in [-0.39, 0.29) is 18.4 Å². The minimum atomic E-state index is -0.916. The van der Waals surface area contributed by atoms with Crippen molar-refractivity contribution in [3.8, 4) is 11.8 Å². The minimum Gasteiger partial charge on any atom is -0.481 e. The van der Waals surface area contributed by atoms with Crippen molar-refractivity contribution in [3.63, 3.8) is 0 Å². The largest absolute Gasteiger partial charge is 0.481 e. The molecule has 2 rings (SSSR count). The molecule has 0 bridgehead atoms. The summed E-state index contributed by atoms with van der Waals surface area (Å²) in [6, 6.07) is 5.10. The third-order valence-electron chi connectivity index (χ3n) is 2.93. The highest BCUT2D eigenvalue weighted by Crippen LogP contribution is 2.16. The van der Waals surface area contributed by atoms with Gasteiger partial charge >= 0.3 is 5.97 Å². The second-order valence-corrected chi connectivity index (χ2v) is 6.47. The van der Waals surface area contributed by atoms with Crippen LogP contribution in [0, 0.1) is 11.8 Å². The maximum absolute atomic E-state index is 12.1. The second kappa shape index (κ2) is 7.78. The van der Waals surface area contributed by atoms with E-state index in [0.29, 0.717) is 11.3 Å². The summed E-state index contributed by atoms with van der Waals surface area (Å²) in [6.45, 7) is 1.85. The first-order valence-electron chi connectivity index (χ1n) is 6.75. The van der Waals surface area contributed by atoms with Gasteiger partial charge in [-0.15, -0.1) is 11.3 Å². The van der Waals surface area contributed by atoms with Crippen molar-refractivity contribution in [2.24, 2.45) is 0 Å². The number of amides is 1. The molecule has 2 N–H and O–H groups in total. The first-order valence-corrected chi connectivity index (χ1v) is 8.51. The third kappa shape index (κ3) is 4.72. The Bertz CT molecular complexity index is 707. The van der Waals surface area contributed by atoms with E-state index in [1.165, 1.54) is 11.3 Å². The fourth-order valence-corrected chi connectivity index (χ4v) is 3.11. The molecular formula is C16H15NO3S2. The Hall–Kier alpha value is -2.10. The highest BCUT2D eigenvalue weighted by atomic mass is 32.1. The van der Waals surface area contributed by atoms with Gasteiger partial charge in [-0.05, 0) is 30.0 Å². The van der Waals surface area contributed by atoms with Crippen LogP contribution in [0.2, 0.25) is 0 Å². The molecule has 1 atom stereocenters. The summed E-state index contributed by atoms with van der Waals surface area (Å²) in [5.74, 6) is 4.89. The lowest BCUT2D eigenvalue weighted by molar-refractivity contribution is -0.137. The van der Waals surface area contributed by atoms with Gasteiger partial charge in [-0.1, -0.05) is 18.8 Å². The van der Waals surface area contributed by atoms with Gasteiger partial charge in [-0.3, -0.25) is 9.59 Å². The topological polar surface area (TPSA) is 66.4 Å². The van der Waals surface area contributed by atoms with Crippen LogP contribution in [0.5, 0.6) is 0 Å². The molecule has 1 amide bonds. The Morgan fingerprint density at radius 2 is 2.14 bits per heavy atom. The summed E-state index contributed by atoms with van der Waals surface area (Å²) < 4.78 is 0. The Morgan fingerprint density at radius 1 is 1.32 bits per heavy atom. The standard InChI is InChI=1S/C16H15NO3S2/c1-2-12(9-15(18)19)17-16(20)14-6-5-13(22-14)4-3-11-7-8-21-10-11/h5-8,10,12H,2,9H2,1H3,(H,17,20)(H,18,19)/t12-/m0/s1. The summed E-state index contributed by atoms with van der Waals surface area (Å²) in [4.78, 5) is 24.2. The molecule has 0 aliphatic carbocycles. The van der Waals surface area contributed by atoms with E-state index in [0.717, 1.165) is 10.4 Å². The van der Waals surface area contributed by atoms with E-state index in [1.807, 2.05) is 23.8 Å². The molecule has 114 valence electrons. The van der Waals surface area contributed by atoms with Gasteiger partial charge in [-0.2, -0.15) is 11.3 Å². The van der Waals surface area contributed by atoms with Gasteiger partial charge in [0.15, 0.2) is 0 Å². The number of carboxylic acids is 1. The predicted octanol–water partition coefficient (Wildman–Crippen LogP) is 3.19. The summed E-state index contributed by atoms with van der Waals surface area (Å²) in [6.07, 6.45) is 0.507. The van der Waals surface area contributed by atoms with Crippen molar-refractivity contribution in [1.82, 2.24) is 5.32 Å². The molecular weight excluding hydrogens is 318 g/mol. The third-order valence-corrected chi connectivity index (χ3v) is 4.61. The smallest absolute Gasteiger partial charge is 0.305 e. The van der Waals surface area contributed by atoms with Crippen LogP contribution in [0.3, 0.4) is 0 Å². The Morgan fingerprint density at radius 3 is 2.77 bits per heavy atom. The summed E-state index contributed by atoms with van der Waals surface area (Å²) in [5.41, 5.74) is 0.955. The van der Waals surface area contributed by atoms with E-state index >= 15 is 0 Å². The van der Waals surface area contributed by atoms with Crippen molar-refractivity contribution in [2.75, 3.05) is 0 Å². The summed E-state index contributed by atoms with van der Waals surface area (Å²) >= 11 is 2.89. The highest BCUT2D eigenvalue weighted by Gasteiger charge is 2.16. The number of carbonyl (C=O) groups is 2. The fourth-order valence-electron chi connectivity index (χ4n) is 1.76. The quantitative estimate of drug-likeness (QED) is 0.826. The number of rotatable bonds is 5. The average molecular weight is 333 g/mol. The van der Waals surface area contributed by atoms with Crippen LogP contribution < -0.4 is 5.32 Å². The van der Waals surface area contributed by atoms with Crippen LogP contribution in [0.25, 0.3) is 0 Å². The molecule has 2 aromatic heterocycles. The molecule has 6 heteroatoms. The second-order valence-electron chi connectivity index (χ2n) is 4.60. The maximum atomic E-state index is 12.1. The van der Waals surface area contributed by atoms with Crippen LogP contribution >= 0.6 is 22.7 Å². The molecule has 0 radical (unpaired) electrons. The van der Waals surface area contributed by atoms with E-state index in [9.17, 15) is 9.59 Å². The van der Waals surface area contributed by atoms with Crippen LogP contribution in [-0.2, 0) is 4.79 Å². The lowest BCUT2D eigenvalue weighted by Gasteiger charge is -2.13. The molecule has 22 heavy (non-hydrogen) atoms. The zero-order valence-electron chi connectivity index (χ0n) is 12.0. The molecule has 0 fully saturated rings. The lowest BCUT2D eigenvalue weighted by Crippen LogP contribution is -2.35. The van der Waals surface area contributed by atoms with Crippen LogP contribution in [-0.4, -0.2) is 23.0 Å². The highest BCUT2D eigenvalue weighted by molar-refractivity contribution is 7.14. The first kappa shape index (κ1) is 16.3. The van der Waals surface area contributed by atoms with Crippen LogP contribution in [0.1, 0.15) is 39.9 Å². The number of carbonyl (C=O) groups excluding carboxylic acids is 1. The zero-order chi connectivity index (χ0) is 15.9. The Kier molecular flexibility index (Phi) is 5.75. The van der Waals surface area contributed by atoms with Gasteiger partial charge in [-0.25, -0.2) is 0 Å². The molecule has 0 saturated carbocycles. The van der Waals surface area contributed by atoms with E-state index < -0.39 is 5.97 Å². The number of thiophene rings is 2. The lowest BCUT2D eigenvalue weighted by atomic mass is 10.1. The predicted molar refractivity (Wildman–Crippen MR) is 88.4 cm³/mol. The minimum absolute atomic E-state index is 0.0710. The fraction of sp³-hybridized carbons (Fsp3) is 0.250. The van der Waals surface area contributed by atoms with Gasteiger partial charge in [0.05, 0.1) is 16.2 Å². The number of nitrogens with one attached hydrogen (secondary N) is 1. The van der Waals surface area contributed by atoms with Crippen molar-refractivity contribution in [1.29, 1.82) is 0 Å². The SMILES string of the molecule is CC[C@@H](CC(=O)O)NC(=O)c1ccc(C#Cc2ccsc2)s1. The van der Waals surface area contributed by atoms with Crippen LogP contribution in [0.4, 0.5) is 0 Å². The molecule has 2 aromatic rings. The summed E-state index contributed by atoms with van der Waals surface area (Å²) in [7, 11) is 0.